The molecule has 0 saturated heterocycles. The first-order valence-electron chi connectivity index (χ1n) is 8.26. The molecule has 2 aromatic carbocycles. The zero-order valence-electron chi connectivity index (χ0n) is 14.9. The summed E-state index contributed by atoms with van der Waals surface area (Å²) < 4.78 is 26.3. The highest BCUT2D eigenvalue weighted by atomic mass is 35.5. The van der Waals surface area contributed by atoms with Gasteiger partial charge in [-0.15, -0.1) is 0 Å². The van der Waals surface area contributed by atoms with Gasteiger partial charge < -0.3 is 5.32 Å². The minimum absolute atomic E-state index is 0.0827. The van der Waals surface area contributed by atoms with Crippen molar-refractivity contribution in [2.45, 2.75) is 18.7 Å². The van der Waals surface area contributed by atoms with E-state index in [-0.39, 0.29) is 10.0 Å². The minimum atomic E-state index is -3.52. The molecule has 0 fully saturated rings. The number of anilines is 1. The van der Waals surface area contributed by atoms with E-state index in [0.29, 0.717) is 29.4 Å². The number of nitrogens with zero attached hydrogens (tertiary/aromatic N) is 1. The Balaban J connectivity index is 2.05. The maximum Gasteiger partial charge on any atom is 0.258 e. The predicted molar refractivity (Wildman–Crippen MR) is 112 cm³/mol. The summed E-state index contributed by atoms with van der Waals surface area (Å²) in [7, 11) is -3.52. The highest BCUT2D eigenvalue weighted by Crippen LogP contribution is 2.18. The van der Waals surface area contributed by atoms with E-state index in [9.17, 15) is 13.2 Å². The highest BCUT2D eigenvalue weighted by molar-refractivity contribution is 7.89. The molecule has 144 valence electrons. The molecule has 9 heteroatoms. The molecule has 0 heterocycles. The Kier molecular flexibility index (Phi) is 7.32. The number of rotatable bonds is 6. The van der Waals surface area contributed by atoms with Crippen LogP contribution in [0.25, 0.3) is 0 Å². The van der Waals surface area contributed by atoms with Crippen LogP contribution in [0.4, 0.5) is 5.69 Å². The molecule has 0 aliphatic carbocycles. The van der Waals surface area contributed by atoms with Gasteiger partial charge in [-0.3, -0.25) is 10.1 Å². The summed E-state index contributed by atoms with van der Waals surface area (Å²) in [5, 5.41) is 5.79. The third-order valence-corrected chi connectivity index (χ3v) is 6.40. The van der Waals surface area contributed by atoms with Crippen LogP contribution < -0.4 is 10.6 Å². The van der Waals surface area contributed by atoms with Gasteiger partial charge in [0.25, 0.3) is 5.91 Å². The number of hydrogen-bond donors (Lipinski definition) is 2. The molecule has 0 bridgehead atoms. The van der Waals surface area contributed by atoms with Crippen molar-refractivity contribution in [3.05, 3.63) is 59.1 Å². The summed E-state index contributed by atoms with van der Waals surface area (Å²) in [5.41, 5.74) is 0.863. The Bertz CT molecular complexity index is 927. The van der Waals surface area contributed by atoms with Gasteiger partial charge in [0, 0.05) is 18.8 Å². The van der Waals surface area contributed by atoms with Crippen LogP contribution in [-0.2, 0) is 10.0 Å². The minimum Gasteiger partial charge on any atom is -0.332 e. The van der Waals surface area contributed by atoms with Crippen molar-refractivity contribution in [3.8, 4) is 0 Å². The van der Waals surface area contributed by atoms with Gasteiger partial charge in [-0.25, -0.2) is 8.42 Å². The van der Waals surface area contributed by atoms with Crippen molar-refractivity contribution < 1.29 is 13.2 Å². The van der Waals surface area contributed by atoms with Crippen LogP contribution in [0.15, 0.2) is 53.4 Å². The van der Waals surface area contributed by atoms with Gasteiger partial charge in [-0.05, 0) is 48.6 Å². The number of amides is 1. The lowest BCUT2D eigenvalue weighted by atomic mass is 10.2. The Morgan fingerprint density at radius 3 is 2.22 bits per heavy atom. The van der Waals surface area contributed by atoms with Crippen LogP contribution in [0.2, 0.25) is 5.02 Å². The number of carbonyl (C=O) groups is 1. The third-order valence-electron chi connectivity index (χ3n) is 3.80. The zero-order chi connectivity index (χ0) is 20.0. The second kappa shape index (κ2) is 9.27. The average Bonchev–Trinajstić information content (AvgIpc) is 2.63. The van der Waals surface area contributed by atoms with Crippen molar-refractivity contribution in [1.29, 1.82) is 0 Å². The molecule has 2 rings (SSSR count). The summed E-state index contributed by atoms with van der Waals surface area (Å²) >= 11 is 11.1. The lowest BCUT2D eigenvalue weighted by Crippen LogP contribution is -2.34. The van der Waals surface area contributed by atoms with Gasteiger partial charge in [-0.1, -0.05) is 37.6 Å². The molecule has 0 spiro atoms. The third kappa shape index (κ3) is 5.26. The van der Waals surface area contributed by atoms with E-state index in [1.807, 2.05) is 0 Å². The first kappa shape index (κ1) is 21.3. The molecule has 0 aromatic heterocycles. The van der Waals surface area contributed by atoms with Gasteiger partial charge in [0.05, 0.1) is 15.5 Å². The summed E-state index contributed by atoms with van der Waals surface area (Å²) in [6, 6.07) is 12.8. The monoisotopic (exact) mass is 425 g/mol. The van der Waals surface area contributed by atoms with Crippen LogP contribution in [0.5, 0.6) is 0 Å². The van der Waals surface area contributed by atoms with Crippen LogP contribution in [0.3, 0.4) is 0 Å². The van der Waals surface area contributed by atoms with Crippen LogP contribution in [0.1, 0.15) is 24.2 Å². The van der Waals surface area contributed by atoms with Crippen LogP contribution >= 0.6 is 23.8 Å². The fourth-order valence-electron chi connectivity index (χ4n) is 2.40. The lowest BCUT2D eigenvalue weighted by molar-refractivity contribution is 0.0978. The van der Waals surface area contributed by atoms with Crippen molar-refractivity contribution in [2.24, 2.45) is 0 Å². The molecule has 1 amide bonds. The molecule has 27 heavy (non-hydrogen) atoms. The Morgan fingerprint density at radius 1 is 1.07 bits per heavy atom. The normalized spacial score (nSPS) is 11.3. The van der Waals surface area contributed by atoms with Crippen molar-refractivity contribution in [3.63, 3.8) is 0 Å². The summed E-state index contributed by atoms with van der Waals surface area (Å²) in [4.78, 5) is 12.4. The molecular formula is C18H20ClN3O3S2. The van der Waals surface area contributed by atoms with Crippen molar-refractivity contribution in [2.75, 3.05) is 18.4 Å². The summed E-state index contributed by atoms with van der Waals surface area (Å²) in [5.74, 6) is -0.432. The van der Waals surface area contributed by atoms with E-state index in [0.717, 1.165) is 0 Å². The van der Waals surface area contributed by atoms with Crippen molar-refractivity contribution in [1.82, 2.24) is 9.62 Å². The number of hydrogen-bond acceptors (Lipinski definition) is 4. The topological polar surface area (TPSA) is 78.5 Å². The lowest BCUT2D eigenvalue weighted by Gasteiger charge is -2.18. The Hall–Kier alpha value is -2.00. The number of halogens is 1. The Morgan fingerprint density at radius 2 is 1.67 bits per heavy atom. The van der Waals surface area contributed by atoms with Gasteiger partial charge in [0.2, 0.25) is 10.0 Å². The quantitative estimate of drug-likeness (QED) is 0.692. The standard InChI is InChI=1S/C18H20ClN3O3S2/c1-3-22(4-2)27(24,25)14-11-9-13(10-12-14)20-18(26)21-17(23)15-7-5-6-8-16(15)19/h5-12H,3-4H2,1-2H3,(H2,20,21,23,26). The molecule has 0 atom stereocenters. The molecular weight excluding hydrogens is 406 g/mol. The van der Waals surface area contributed by atoms with Gasteiger partial charge in [0.15, 0.2) is 5.11 Å². The number of sulfonamides is 1. The number of benzene rings is 2. The van der Waals surface area contributed by atoms with E-state index < -0.39 is 15.9 Å². The predicted octanol–water partition coefficient (Wildman–Crippen LogP) is 3.50. The van der Waals surface area contributed by atoms with Gasteiger partial charge >= 0.3 is 0 Å². The maximum atomic E-state index is 12.5. The Labute approximate surface area is 169 Å². The molecule has 0 unspecified atom stereocenters. The average molecular weight is 426 g/mol. The second-order valence-electron chi connectivity index (χ2n) is 5.50. The van der Waals surface area contributed by atoms with Crippen LogP contribution in [-0.4, -0.2) is 36.8 Å². The fraction of sp³-hybridized carbons (Fsp3) is 0.222. The summed E-state index contributed by atoms with van der Waals surface area (Å²) in [6.07, 6.45) is 0. The highest BCUT2D eigenvalue weighted by Gasteiger charge is 2.21. The SMILES string of the molecule is CCN(CC)S(=O)(=O)c1ccc(NC(=S)NC(=O)c2ccccc2Cl)cc1. The molecule has 0 radical (unpaired) electrons. The number of nitrogens with one attached hydrogen (secondary N) is 2. The van der Waals surface area contributed by atoms with E-state index in [1.54, 1.807) is 50.2 Å². The maximum absolute atomic E-state index is 12.5. The molecule has 0 saturated carbocycles. The zero-order valence-corrected chi connectivity index (χ0v) is 17.3. The molecule has 0 aliphatic heterocycles. The largest absolute Gasteiger partial charge is 0.332 e. The summed E-state index contributed by atoms with van der Waals surface area (Å²) in [6.45, 7) is 4.38. The molecule has 2 N–H and O–H groups in total. The number of thiocarbonyl (C=S) groups is 1. The van der Waals surface area contributed by atoms with Gasteiger partial charge in [-0.2, -0.15) is 4.31 Å². The first-order chi connectivity index (χ1) is 12.8. The molecule has 6 nitrogen and oxygen atoms in total. The van der Waals surface area contributed by atoms with E-state index >= 15 is 0 Å². The smallest absolute Gasteiger partial charge is 0.258 e. The van der Waals surface area contributed by atoms with Gasteiger partial charge in [0.1, 0.15) is 0 Å². The molecule has 0 aliphatic rings. The van der Waals surface area contributed by atoms with Crippen LogP contribution in [0, 0.1) is 0 Å². The second-order valence-corrected chi connectivity index (χ2v) is 8.26. The van der Waals surface area contributed by atoms with Crippen molar-refractivity contribution >= 4 is 50.5 Å². The van der Waals surface area contributed by atoms with E-state index in [1.165, 1.54) is 16.4 Å². The van der Waals surface area contributed by atoms with E-state index in [2.05, 4.69) is 10.6 Å². The van der Waals surface area contributed by atoms with E-state index in [4.69, 9.17) is 23.8 Å². The first-order valence-corrected chi connectivity index (χ1v) is 10.5. The fourth-order valence-corrected chi connectivity index (χ4v) is 4.29. The number of carbonyl (C=O) groups excluding carboxylic acids is 1. The molecule has 2 aromatic rings.